The molecular weight excluding hydrogens is 206 g/mol. The number of hydrogen-bond acceptors (Lipinski definition) is 4. The number of hydrogen-bond donors (Lipinski definition) is 0. The van der Waals surface area contributed by atoms with E-state index in [1.165, 1.54) is 20.0 Å². The molecule has 5 heteroatoms. The Morgan fingerprint density at radius 2 is 2.31 bits per heavy atom. The van der Waals surface area contributed by atoms with Gasteiger partial charge in [0.05, 0.1) is 13.7 Å². The number of imidazole rings is 1. The molecule has 1 aliphatic heterocycles. The highest BCUT2D eigenvalue weighted by Gasteiger charge is 2.32. The number of aromatic nitrogens is 2. The Labute approximate surface area is 94.0 Å². The van der Waals surface area contributed by atoms with E-state index in [9.17, 15) is 4.79 Å². The second-order valence-electron chi connectivity index (χ2n) is 4.43. The zero-order valence-electron chi connectivity index (χ0n) is 9.35. The van der Waals surface area contributed by atoms with Crippen LogP contribution in [0.5, 0.6) is 0 Å². The summed E-state index contributed by atoms with van der Waals surface area (Å²) in [6.45, 7) is 2.85. The molecule has 0 radical (unpaired) electrons. The maximum absolute atomic E-state index is 11.3. The molecule has 3 rings (SSSR count). The Balaban J connectivity index is 1.81. The molecule has 2 heterocycles. The van der Waals surface area contributed by atoms with Crippen LogP contribution in [0.25, 0.3) is 0 Å². The predicted molar refractivity (Wildman–Crippen MR) is 57.0 cm³/mol. The molecule has 0 aromatic carbocycles. The molecule has 2 aliphatic rings. The molecule has 86 valence electrons. The van der Waals surface area contributed by atoms with Crippen LogP contribution in [0.4, 0.5) is 0 Å². The minimum atomic E-state index is -0.347. The van der Waals surface area contributed by atoms with E-state index in [1.54, 1.807) is 6.20 Å². The number of rotatable bonds is 2. The van der Waals surface area contributed by atoms with Crippen molar-refractivity contribution in [3.63, 3.8) is 0 Å². The number of nitrogens with zero attached hydrogens (tertiary/aromatic N) is 3. The molecule has 1 aliphatic carbocycles. The van der Waals surface area contributed by atoms with Gasteiger partial charge in [0.1, 0.15) is 5.82 Å². The lowest BCUT2D eigenvalue weighted by Gasteiger charge is -2.27. The summed E-state index contributed by atoms with van der Waals surface area (Å²) in [4.78, 5) is 18.1. The number of methoxy groups -OCH3 is 1. The first kappa shape index (κ1) is 9.84. The highest BCUT2D eigenvalue weighted by Crippen LogP contribution is 2.29. The first-order chi connectivity index (χ1) is 7.78. The summed E-state index contributed by atoms with van der Waals surface area (Å²) in [5.41, 5.74) is 0.426. The highest BCUT2D eigenvalue weighted by molar-refractivity contribution is 5.86. The number of carbonyl (C=O) groups excluding carboxylic acids is 1. The molecule has 0 atom stereocenters. The average Bonchev–Trinajstić information content (AvgIpc) is 3.07. The summed E-state index contributed by atoms with van der Waals surface area (Å²) in [5.74, 6) is 0.637. The molecule has 1 saturated carbocycles. The summed E-state index contributed by atoms with van der Waals surface area (Å²) in [6.07, 6.45) is 4.42. The minimum Gasteiger partial charge on any atom is -0.464 e. The molecule has 0 saturated heterocycles. The van der Waals surface area contributed by atoms with Crippen LogP contribution in [-0.4, -0.2) is 40.1 Å². The normalized spacial score (nSPS) is 20.6. The van der Waals surface area contributed by atoms with Crippen molar-refractivity contribution in [1.82, 2.24) is 14.5 Å². The van der Waals surface area contributed by atoms with Crippen LogP contribution in [0.2, 0.25) is 0 Å². The van der Waals surface area contributed by atoms with Crippen molar-refractivity contribution in [2.24, 2.45) is 0 Å². The van der Waals surface area contributed by atoms with Gasteiger partial charge in [-0.25, -0.2) is 9.78 Å². The fourth-order valence-electron chi connectivity index (χ4n) is 2.23. The first-order valence-corrected chi connectivity index (χ1v) is 5.66. The Morgan fingerprint density at radius 3 is 3.00 bits per heavy atom. The summed E-state index contributed by atoms with van der Waals surface area (Å²) in [6, 6.07) is 0.757. The first-order valence-electron chi connectivity index (χ1n) is 5.66. The lowest BCUT2D eigenvalue weighted by Crippen LogP contribution is -2.35. The standard InChI is InChI=1S/C11H15N3O2/c1-16-11(15)9-6-14-5-4-13(8-2-3-8)7-10(14)12-9/h6,8H,2-5,7H2,1H3. The summed E-state index contributed by atoms with van der Waals surface area (Å²) < 4.78 is 6.73. The van der Waals surface area contributed by atoms with Gasteiger partial charge in [-0.05, 0) is 12.8 Å². The Morgan fingerprint density at radius 1 is 1.50 bits per heavy atom. The van der Waals surface area contributed by atoms with Crippen LogP contribution in [0.15, 0.2) is 6.20 Å². The summed E-state index contributed by atoms with van der Waals surface area (Å²) in [5, 5.41) is 0. The number of fused-ring (bicyclic) bond motifs is 1. The third-order valence-corrected chi connectivity index (χ3v) is 3.29. The van der Waals surface area contributed by atoms with Crippen LogP contribution in [-0.2, 0) is 17.8 Å². The summed E-state index contributed by atoms with van der Waals surface area (Å²) >= 11 is 0. The van der Waals surface area contributed by atoms with Crippen LogP contribution in [0.1, 0.15) is 29.2 Å². The van der Waals surface area contributed by atoms with Gasteiger partial charge >= 0.3 is 5.97 Å². The largest absolute Gasteiger partial charge is 0.464 e. The zero-order chi connectivity index (χ0) is 11.1. The van der Waals surface area contributed by atoms with Gasteiger partial charge in [0.25, 0.3) is 0 Å². The quantitative estimate of drug-likeness (QED) is 0.688. The molecule has 1 aromatic heterocycles. The Kier molecular flexibility index (Phi) is 2.21. The minimum absolute atomic E-state index is 0.347. The molecule has 0 N–H and O–H groups in total. The third-order valence-electron chi connectivity index (χ3n) is 3.29. The van der Waals surface area contributed by atoms with E-state index in [4.69, 9.17) is 0 Å². The van der Waals surface area contributed by atoms with Gasteiger partial charge in [0, 0.05) is 25.3 Å². The lowest BCUT2D eigenvalue weighted by molar-refractivity contribution is 0.0594. The lowest BCUT2D eigenvalue weighted by atomic mass is 10.3. The van der Waals surface area contributed by atoms with E-state index in [0.29, 0.717) is 5.69 Å². The van der Waals surface area contributed by atoms with Gasteiger partial charge in [-0.2, -0.15) is 0 Å². The molecular formula is C11H15N3O2. The molecule has 0 unspecified atom stereocenters. The van der Waals surface area contributed by atoms with E-state index in [1.807, 2.05) is 0 Å². The van der Waals surface area contributed by atoms with Gasteiger partial charge < -0.3 is 9.30 Å². The number of carbonyl (C=O) groups is 1. The van der Waals surface area contributed by atoms with E-state index < -0.39 is 0 Å². The topological polar surface area (TPSA) is 47.4 Å². The third kappa shape index (κ3) is 1.61. The SMILES string of the molecule is COC(=O)c1cn2c(n1)CN(C1CC1)CC2. The van der Waals surface area contributed by atoms with E-state index in [2.05, 4.69) is 19.2 Å². The zero-order valence-corrected chi connectivity index (χ0v) is 9.35. The van der Waals surface area contributed by atoms with Crippen molar-refractivity contribution < 1.29 is 9.53 Å². The van der Waals surface area contributed by atoms with Crippen molar-refractivity contribution in [2.75, 3.05) is 13.7 Å². The van der Waals surface area contributed by atoms with Gasteiger partial charge in [-0.15, -0.1) is 0 Å². The molecule has 1 fully saturated rings. The average molecular weight is 221 g/mol. The number of esters is 1. The van der Waals surface area contributed by atoms with Crippen molar-refractivity contribution >= 4 is 5.97 Å². The maximum atomic E-state index is 11.3. The number of ether oxygens (including phenoxy) is 1. The highest BCUT2D eigenvalue weighted by atomic mass is 16.5. The summed E-state index contributed by atoms with van der Waals surface area (Å²) in [7, 11) is 1.39. The molecule has 0 bridgehead atoms. The van der Waals surface area contributed by atoms with Crippen LogP contribution in [0, 0.1) is 0 Å². The van der Waals surface area contributed by atoms with Crippen LogP contribution in [0.3, 0.4) is 0 Å². The van der Waals surface area contributed by atoms with E-state index in [-0.39, 0.29) is 5.97 Å². The molecule has 0 spiro atoms. The van der Waals surface area contributed by atoms with Crippen LogP contribution >= 0.6 is 0 Å². The Hall–Kier alpha value is -1.36. The van der Waals surface area contributed by atoms with Gasteiger partial charge in [0.15, 0.2) is 5.69 Å². The second kappa shape index (κ2) is 3.59. The fourth-order valence-corrected chi connectivity index (χ4v) is 2.23. The van der Waals surface area contributed by atoms with Gasteiger partial charge in [-0.1, -0.05) is 0 Å². The Bertz CT molecular complexity index is 423. The van der Waals surface area contributed by atoms with Crippen molar-refractivity contribution in [1.29, 1.82) is 0 Å². The van der Waals surface area contributed by atoms with Gasteiger partial charge in [0.2, 0.25) is 0 Å². The van der Waals surface area contributed by atoms with E-state index >= 15 is 0 Å². The van der Waals surface area contributed by atoms with Crippen molar-refractivity contribution in [3.8, 4) is 0 Å². The molecule has 1 aromatic rings. The smallest absolute Gasteiger partial charge is 0.358 e. The van der Waals surface area contributed by atoms with Crippen molar-refractivity contribution in [3.05, 3.63) is 17.7 Å². The predicted octanol–water partition coefficient (Wildman–Crippen LogP) is 0.648. The van der Waals surface area contributed by atoms with E-state index in [0.717, 1.165) is 31.5 Å². The second-order valence-corrected chi connectivity index (χ2v) is 4.43. The van der Waals surface area contributed by atoms with Gasteiger partial charge in [-0.3, -0.25) is 4.90 Å². The maximum Gasteiger partial charge on any atom is 0.358 e. The molecule has 5 nitrogen and oxygen atoms in total. The fraction of sp³-hybridized carbons (Fsp3) is 0.636. The van der Waals surface area contributed by atoms with Crippen molar-refractivity contribution in [2.45, 2.75) is 32.0 Å². The monoisotopic (exact) mass is 221 g/mol. The molecule has 16 heavy (non-hydrogen) atoms. The molecule has 0 amide bonds. The van der Waals surface area contributed by atoms with Crippen LogP contribution < -0.4 is 0 Å².